The minimum atomic E-state index is -0.257. The van der Waals surface area contributed by atoms with Gasteiger partial charge in [-0.15, -0.1) is 0 Å². The van der Waals surface area contributed by atoms with Gasteiger partial charge in [0.05, 0.1) is 18.5 Å². The molecule has 7 heteroatoms. The molecule has 6 nitrogen and oxygen atoms in total. The summed E-state index contributed by atoms with van der Waals surface area (Å²) in [5.74, 6) is 0.472. The third-order valence-corrected chi connectivity index (χ3v) is 5.12. The van der Waals surface area contributed by atoms with Crippen molar-refractivity contribution in [3.63, 3.8) is 0 Å². The average molecular weight is 521 g/mol. The third kappa shape index (κ3) is 5.60. The van der Waals surface area contributed by atoms with E-state index < -0.39 is 0 Å². The number of halogens is 1. The Bertz CT molecular complexity index is 951. The minimum absolute atomic E-state index is 0.0505. The summed E-state index contributed by atoms with van der Waals surface area (Å²) in [6.45, 7) is 5.94. The molecule has 1 amide bonds. The van der Waals surface area contributed by atoms with Gasteiger partial charge in [0, 0.05) is 21.4 Å². The van der Waals surface area contributed by atoms with Crippen LogP contribution in [0.5, 0.6) is 5.75 Å². The molecule has 0 aliphatic heterocycles. The van der Waals surface area contributed by atoms with Crippen LogP contribution in [-0.2, 0) is 12.8 Å². The molecule has 3 rings (SSSR count). The molecule has 0 radical (unpaired) electrons. The Hall–Kier alpha value is -2.39. The summed E-state index contributed by atoms with van der Waals surface area (Å²) < 4.78 is 7.95. The van der Waals surface area contributed by atoms with Crippen LogP contribution in [0, 0.1) is 3.57 Å². The Morgan fingerprint density at radius 2 is 1.77 bits per heavy atom. The van der Waals surface area contributed by atoms with Crippen molar-refractivity contribution in [3.8, 4) is 11.4 Å². The van der Waals surface area contributed by atoms with Gasteiger partial charge in [-0.2, -0.15) is 5.10 Å². The van der Waals surface area contributed by atoms with E-state index in [0.29, 0.717) is 24.2 Å². The molecule has 3 aromatic rings. The highest BCUT2D eigenvalue weighted by molar-refractivity contribution is 14.1. The third-order valence-electron chi connectivity index (χ3n) is 4.40. The van der Waals surface area contributed by atoms with Crippen molar-refractivity contribution >= 4 is 34.2 Å². The minimum Gasteiger partial charge on any atom is -0.497 e. The summed E-state index contributed by atoms with van der Waals surface area (Å²) in [5, 5.41) is 17.1. The number of carbonyl (C=O) groups is 1. The Morgan fingerprint density at radius 3 is 2.30 bits per heavy atom. The number of hydrogen-bond donors (Lipinski definition) is 2. The molecule has 1 aromatic heterocycles. The molecule has 0 atom stereocenters. The van der Waals surface area contributed by atoms with Crippen LogP contribution in [0.2, 0.25) is 0 Å². The molecular formula is C23H28IN3O3. The first-order valence-electron chi connectivity index (χ1n) is 10.00. The number of aliphatic hydroxyl groups excluding tert-OH is 1. The molecule has 0 aliphatic rings. The lowest BCUT2D eigenvalue weighted by Gasteiger charge is -2.11. The van der Waals surface area contributed by atoms with Crippen LogP contribution >= 0.6 is 22.6 Å². The fourth-order valence-electron chi connectivity index (χ4n) is 3.02. The maximum absolute atomic E-state index is 13.2. The number of aryl methyl sites for hydroxylation is 1. The van der Waals surface area contributed by atoms with Gasteiger partial charge in [0.25, 0.3) is 5.91 Å². The number of nitrogens with one attached hydrogen (secondary N) is 1. The highest BCUT2D eigenvalue weighted by Gasteiger charge is 2.23. The number of amides is 1. The van der Waals surface area contributed by atoms with Crippen molar-refractivity contribution in [1.82, 2.24) is 9.78 Å². The van der Waals surface area contributed by atoms with Gasteiger partial charge in [-0.1, -0.05) is 20.8 Å². The van der Waals surface area contributed by atoms with Gasteiger partial charge in [-0.25, -0.2) is 4.68 Å². The van der Waals surface area contributed by atoms with E-state index in [1.807, 2.05) is 69.3 Å². The quantitative estimate of drug-likeness (QED) is 0.436. The second-order valence-corrected chi connectivity index (χ2v) is 7.42. The molecule has 0 bridgehead atoms. The first-order chi connectivity index (χ1) is 14.6. The van der Waals surface area contributed by atoms with Crippen LogP contribution in [0.4, 0.5) is 5.69 Å². The lowest BCUT2D eigenvalue weighted by atomic mass is 10.1. The SMILES string of the molecule is CC.CCc1nn(-c2ccc(OC)cc2)c(C(=O)Nc2ccc(I)cc2)c1CCO. The fourth-order valence-corrected chi connectivity index (χ4v) is 3.38. The van der Waals surface area contributed by atoms with Gasteiger partial charge < -0.3 is 15.2 Å². The topological polar surface area (TPSA) is 76.4 Å². The van der Waals surface area contributed by atoms with Gasteiger partial charge in [-0.3, -0.25) is 4.79 Å². The van der Waals surface area contributed by atoms with Gasteiger partial charge in [-0.05, 0) is 84.0 Å². The van der Waals surface area contributed by atoms with E-state index in [2.05, 4.69) is 33.0 Å². The smallest absolute Gasteiger partial charge is 0.274 e. The zero-order valence-electron chi connectivity index (χ0n) is 17.8. The van der Waals surface area contributed by atoms with Crippen LogP contribution in [0.3, 0.4) is 0 Å². The molecule has 0 spiro atoms. The summed E-state index contributed by atoms with van der Waals surface area (Å²) in [6.07, 6.45) is 1.04. The average Bonchev–Trinajstić information content (AvgIpc) is 3.15. The highest BCUT2D eigenvalue weighted by Crippen LogP contribution is 2.23. The summed E-state index contributed by atoms with van der Waals surface area (Å²) >= 11 is 2.22. The number of carbonyl (C=O) groups excluding carboxylic acids is 1. The second-order valence-electron chi connectivity index (χ2n) is 6.17. The monoisotopic (exact) mass is 521 g/mol. The Balaban J connectivity index is 0.00000155. The van der Waals surface area contributed by atoms with Crippen LogP contribution in [-0.4, -0.2) is 34.5 Å². The van der Waals surface area contributed by atoms with Crippen LogP contribution in [0.1, 0.15) is 42.5 Å². The molecule has 1 heterocycles. The van der Waals surface area contributed by atoms with Gasteiger partial charge in [0.15, 0.2) is 0 Å². The van der Waals surface area contributed by atoms with Crippen molar-refractivity contribution in [1.29, 1.82) is 0 Å². The Kier molecular flexibility index (Phi) is 9.32. The first-order valence-corrected chi connectivity index (χ1v) is 11.1. The van der Waals surface area contributed by atoms with Crippen molar-refractivity contribution < 1.29 is 14.6 Å². The van der Waals surface area contributed by atoms with E-state index in [9.17, 15) is 9.90 Å². The standard InChI is InChI=1S/C21H22IN3O3.C2H6/c1-3-19-18(12-13-26)20(21(27)23-15-6-4-14(22)5-7-15)25(24-19)16-8-10-17(28-2)11-9-16;1-2/h4-11,26H,3,12-13H2,1-2H3,(H,23,27);1-2H3. The summed E-state index contributed by atoms with van der Waals surface area (Å²) in [6, 6.07) is 15.0. The molecule has 160 valence electrons. The van der Waals surface area contributed by atoms with Crippen LogP contribution in [0.15, 0.2) is 48.5 Å². The lowest BCUT2D eigenvalue weighted by Crippen LogP contribution is -2.19. The van der Waals surface area contributed by atoms with Crippen LogP contribution in [0.25, 0.3) is 5.69 Å². The normalized spacial score (nSPS) is 10.2. The van der Waals surface area contributed by atoms with E-state index in [-0.39, 0.29) is 12.5 Å². The molecule has 2 aromatic carbocycles. The Morgan fingerprint density at radius 1 is 1.13 bits per heavy atom. The zero-order valence-corrected chi connectivity index (χ0v) is 19.9. The van der Waals surface area contributed by atoms with Crippen molar-refractivity contribution in [3.05, 3.63) is 69.1 Å². The summed E-state index contributed by atoms with van der Waals surface area (Å²) in [4.78, 5) is 13.2. The van der Waals surface area contributed by atoms with E-state index in [0.717, 1.165) is 26.3 Å². The molecular weight excluding hydrogens is 493 g/mol. The number of nitrogens with zero attached hydrogens (tertiary/aromatic N) is 2. The van der Waals surface area contributed by atoms with Crippen molar-refractivity contribution in [2.24, 2.45) is 0 Å². The number of methoxy groups -OCH3 is 1. The lowest BCUT2D eigenvalue weighted by molar-refractivity contribution is 0.101. The predicted octanol–water partition coefficient (Wildman–Crippen LogP) is 4.86. The summed E-state index contributed by atoms with van der Waals surface area (Å²) in [5.41, 5.74) is 3.48. The predicted molar refractivity (Wildman–Crippen MR) is 129 cm³/mol. The largest absolute Gasteiger partial charge is 0.497 e. The number of ether oxygens (including phenoxy) is 1. The number of anilines is 1. The molecule has 30 heavy (non-hydrogen) atoms. The maximum atomic E-state index is 13.2. The molecule has 2 N–H and O–H groups in total. The fraction of sp³-hybridized carbons (Fsp3) is 0.304. The maximum Gasteiger partial charge on any atom is 0.274 e. The first kappa shape index (κ1) is 23.9. The Labute approximate surface area is 191 Å². The number of benzene rings is 2. The van der Waals surface area contributed by atoms with Crippen molar-refractivity contribution in [2.75, 3.05) is 19.0 Å². The number of aromatic nitrogens is 2. The van der Waals surface area contributed by atoms with Gasteiger partial charge in [0.2, 0.25) is 0 Å². The summed E-state index contributed by atoms with van der Waals surface area (Å²) in [7, 11) is 1.61. The second kappa shape index (κ2) is 11.7. The number of hydrogen-bond acceptors (Lipinski definition) is 4. The van der Waals surface area contributed by atoms with Gasteiger partial charge in [0.1, 0.15) is 11.4 Å². The molecule has 0 aliphatic carbocycles. The van der Waals surface area contributed by atoms with Gasteiger partial charge >= 0.3 is 0 Å². The van der Waals surface area contributed by atoms with E-state index in [1.165, 1.54) is 0 Å². The van der Waals surface area contributed by atoms with E-state index in [1.54, 1.807) is 11.8 Å². The number of rotatable bonds is 7. The number of aliphatic hydroxyl groups is 1. The van der Waals surface area contributed by atoms with Crippen molar-refractivity contribution in [2.45, 2.75) is 33.6 Å². The molecule has 0 saturated heterocycles. The molecule has 0 fully saturated rings. The van der Waals surface area contributed by atoms with E-state index in [4.69, 9.17) is 4.74 Å². The van der Waals surface area contributed by atoms with Crippen LogP contribution < -0.4 is 10.1 Å². The highest BCUT2D eigenvalue weighted by atomic mass is 127. The zero-order chi connectivity index (χ0) is 22.1. The molecule has 0 saturated carbocycles. The molecule has 0 unspecified atom stereocenters. The van der Waals surface area contributed by atoms with E-state index >= 15 is 0 Å².